The Balaban J connectivity index is 2.80. The third-order valence-electron chi connectivity index (χ3n) is 1.53. The average molecular weight is 264 g/mol. The van der Waals surface area contributed by atoms with Crippen LogP contribution in [0.3, 0.4) is 0 Å². The van der Waals surface area contributed by atoms with E-state index in [1.807, 2.05) is 5.38 Å². The lowest BCUT2D eigenvalue weighted by Crippen LogP contribution is -1.81. The summed E-state index contributed by atoms with van der Waals surface area (Å²) >= 11 is 10.8. The second-order valence-electron chi connectivity index (χ2n) is 2.24. The molecule has 62 valence electrons. The van der Waals surface area contributed by atoms with E-state index in [9.17, 15) is 0 Å². The molecule has 2 nitrogen and oxygen atoms in total. The molecule has 0 saturated heterocycles. The normalized spacial score (nSPS) is 10.8. The minimum absolute atomic E-state index is 0.539. The molecule has 0 aromatic carbocycles. The van der Waals surface area contributed by atoms with Gasteiger partial charge >= 0.3 is 0 Å². The number of hydrogen-bond donors (Lipinski definition) is 0. The molecule has 0 aliphatic rings. The fourth-order valence-corrected chi connectivity index (χ4v) is 2.78. The Hall–Kier alpha value is -0.190. The molecule has 0 spiro atoms. The van der Waals surface area contributed by atoms with Crippen molar-refractivity contribution in [2.24, 2.45) is 0 Å². The molecule has 0 atom stereocenters. The molecule has 2 aromatic rings. The molecule has 0 bridgehead atoms. The van der Waals surface area contributed by atoms with E-state index >= 15 is 0 Å². The largest absolute Gasteiger partial charge is 0.235 e. The van der Waals surface area contributed by atoms with Crippen molar-refractivity contribution < 1.29 is 0 Å². The standard InChI is InChI=1S/C7H4BrClN2S/c8-1-4-2-12-6-5(4)10-3-11-7(6)9/h2-3H,1H2. The smallest absolute Gasteiger partial charge is 0.150 e. The molecule has 5 heteroatoms. The van der Waals surface area contributed by atoms with Crippen molar-refractivity contribution in [3.8, 4) is 0 Å². The number of rotatable bonds is 1. The van der Waals surface area contributed by atoms with Gasteiger partial charge in [0.1, 0.15) is 11.5 Å². The average Bonchev–Trinajstić information content (AvgIpc) is 2.49. The lowest BCUT2D eigenvalue weighted by atomic mass is 10.3. The van der Waals surface area contributed by atoms with Gasteiger partial charge in [0.05, 0.1) is 10.2 Å². The van der Waals surface area contributed by atoms with Crippen molar-refractivity contribution in [2.75, 3.05) is 0 Å². The number of halogens is 2. The third kappa shape index (κ3) is 1.24. The molecule has 2 heterocycles. The molecular weight excluding hydrogens is 260 g/mol. The van der Waals surface area contributed by atoms with Crippen molar-refractivity contribution in [3.63, 3.8) is 0 Å². The molecule has 0 radical (unpaired) electrons. The predicted molar refractivity (Wildman–Crippen MR) is 55.1 cm³/mol. The maximum Gasteiger partial charge on any atom is 0.150 e. The van der Waals surface area contributed by atoms with E-state index in [1.54, 1.807) is 11.3 Å². The van der Waals surface area contributed by atoms with Crippen molar-refractivity contribution in [2.45, 2.75) is 5.33 Å². The van der Waals surface area contributed by atoms with E-state index in [4.69, 9.17) is 11.6 Å². The minimum Gasteiger partial charge on any atom is -0.235 e. The van der Waals surface area contributed by atoms with Crippen LogP contribution in [0, 0.1) is 0 Å². The Bertz CT molecular complexity index is 415. The summed E-state index contributed by atoms with van der Waals surface area (Å²) < 4.78 is 0.966. The molecular formula is C7H4BrClN2S. The molecule has 0 unspecified atom stereocenters. The van der Waals surface area contributed by atoms with Gasteiger partial charge in [-0.25, -0.2) is 9.97 Å². The highest BCUT2D eigenvalue weighted by atomic mass is 79.9. The molecule has 0 amide bonds. The SMILES string of the molecule is Clc1ncnc2c(CBr)csc12. The first-order chi connectivity index (χ1) is 5.83. The Morgan fingerprint density at radius 1 is 1.50 bits per heavy atom. The Kier molecular flexibility index (Phi) is 2.30. The van der Waals surface area contributed by atoms with Crippen LogP contribution in [0.1, 0.15) is 5.56 Å². The zero-order valence-corrected chi connectivity index (χ0v) is 9.08. The first-order valence-corrected chi connectivity index (χ1v) is 5.63. The van der Waals surface area contributed by atoms with Gasteiger partial charge in [-0.2, -0.15) is 0 Å². The van der Waals surface area contributed by atoms with Crippen LogP contribution in [0.4, 0.5) is 0 Å². The molecule has 2 rings (SSSR count). The number of aromatic nitrogens is 2. The monoisotopic (exact) mass is 262 g/mol. The highest BCUT2D eigenvalue weighted by Gasteiger charge is 2.07. The summed E-state index contributed by atoms with van der Waals surface area (Å²) in [6, 6.07) is 0. The van der Waals surface area contributed by atoms with E-state index in [1.165, 1.54) is 11.9 Å². The lowest BCUT2D eigenvalue weighted by molar-refractivity contribution is 1.22. The fraction of sp³-hybridized carbons (Fsp3) is 0.143. The van der Waals surface area contributed by atoms with E-state index in [-0.39, 0.29) is 0 Å². The maximum atomic E-state index is 5.87. The van der Waals surface area contributed by atoms with Crippen LogP contribution in [0.15, 0.2) is 11.7 Å². The minimum atomic E-state index is 0.539. The van der Waals surface area contributed by atoms with Crippen molar-refractivity contribution in [1.29, 1.82) is 0 Å². The number of nitrogens with zero attached hydrogens (tertiary/aromatic N) is 2. The summed E-state index contributed by atoms with van der Waals surface area (Å²) in [5.74, 6) is 0. The quantitative estimate of drug-likeness (QED) is 0.583. The van der Waals surface area contributed by atoms with Crippen molar-refractivity contribution in [3.05, 3.63) is 22.4 Å². The van der Waals surface area contributed by atoms with Crippen molar-refractivity contribution >= 4 is 49.1 Å². The van der Waals surface area contributed by atoms with Gasteiger partial charge in [0.15, 0.2) is 0 Å². The van der Waals surface area contributed by atoms with E-state index in [0.29, 0.717) is 5.15 Å². The topological polar surface area (TPSA) is 25.8 Å². The number of fused-ring (bicyclic) bond motifs is 1. The second kappa shape index (κ2) is 3.28. The van der Waals surface area contributed by atoms with Crippen LogP contribution < -0.4 is 0 Å². The lowest BCUT2D eigenvalue weighted by Gasteiger charge is -1.92. The zero-order valence-electron chi connectivity index (χ0n) is 5.92. The van der Waals surface area contributed by atoms with Crippen LogP contribution in [-0.2, 0) is 5.33 Å². The molecule has 12 heavy (non-hydrogen) atoms. The van der Waals surface area contributed by atoms with Gasteiger partial charge in [-0.15, -0.1) is 11.3 Å². The summed E-state index contributed by atoms with van der Waals surface area (Å²) in [6.45, 7) is 0. The first kappa shape index (κ1) is 8.41. The van der Waals surface area contributed by atoms with Gasteiger partial charge < -0.3 is 0 Å². The summed E-state index contributed by atoms with van der Waals surface area (Å²) in [4.78, 5) is 8.06. The van der Waals surface area contributed by atoms with Gasteiger partial charge in [-0.3, -0.25) is 0 Å². The molecule has 0 saturated carbocycles. The van der Waals surface area contributed by atoms with Gasteiger partial charge in [-0.05, 0) is 10.9 Å². The molecule has 0 fully saturated rings. The maximum absolute atomic E-state index is 5.87. The molecule has 0 aliphatic heterocycles. The number of thiophene rings is 1. The van der Waals surface area contributed by atoms with Crippen LogP contribution in [-0.4, -0.2) is 9.97 Å². The summed E-state index contributed by atoms with van der Waals surface area (Å²) in [6.07, 6.45) is 1.49. The Labute approximate surface area is 86.7 Å². The van der Waals surface area contributed by atoms with E-state index in [2.05, 4.69) is 25.9 Å². The summed E-state index contributed by atoms with van der Waals surface area (Å²) in [5, 5.41) is 3.39. The highest BCUT2D eigenvalue weighted by Crippen LogP contribution is 2.29. The van der Waals surface area contributed by atoms with Crippen LogP contribution >= 0.6 is 38.9 Å². The molecule has 0 N–H and O–H groups in total. The molecule has 0 aliphatic carbocycles. The summed E-state index contributed by atoms with van der Waals surface area (Å²) in [7, 11) is 0. The Morgan fingerprint density at radius 3 is 3.08 bits per heavy atom. The van der Waals surface area contributed by atoms with E-state index in [0.717, 1.165) is 15.5 Å². The number of hydrogen-bond acceptors (Lipinski definition) is 3. The summed E-state index contributed by atoms with van der Waals surface area (Å²) in [5.41, 5.74) is 2.12. The van der Waals surface area contributed by atoms with Gasteiger partial charge in [0, 0.05) is 5.33 Å². The van der Waals surface area contributed by atoms with Crippen molar-refractivity contribution in [1.82, 2.24) is 9.97 Å². The highest BCUT2D eigenvalue weighted by molar-refractivity contribution is 9.08. The zero-order chi connectivity index (χ0) is 8.55. The van der Waals surface area contributed by atoms with Gasteiger partial charge in [0.2, 0.25) is 0 Å². The van der Waals surface area contributed by atoms with E-state index < -0.39 is 0 Å². The first-order valence-electron chi connectivity index (χ1n) is 3.25. The second-order valence-corrected chi connectivity index (χ2v) is 4.04. The fourth-order valence-electron chi connectivity index (χ4n) is 0.966. The van der Waals surface area contributed by atoms with Gasteiger partial charge in [-0.1, -0.05) is 27.5 Å². The molecule has 2 aromatic heterocycles. The Morgan fingerprint density at radius 2 is 2.33 bits per heavy atom. The van der Waals surface area contributed by atoms with Crippen LogP contribution in [0.5, 0.6) is 0 Å². The van der Waals surface area contributed by atoms with Crippen LogP contribution in [0.25, 0.3) is 10.2 Å². The number of alkyl halides is 1. The van der Waals surface area contributed by atoms with Gasteiger partial charge in [0.25, 0.3) is 0 Å². The predicted octanol–water partition coefficient (Wildman–Crippen LogP) is 3.24. The van der Waals surface area contributed by atoms with Crippen LogP contribution in [0.2, 0.25) is 5.15 Å². The third-order valence-corrected chi connectivity index (χ3v) is 3.56.